The lowest BCUT2D eigenvalue weighted by Gasteiger charge is -2.29. The van der Waals surface area contributed by atoms with Crippen LogP contribution in [0.15, 0.2) is 230 Å². The molecule has 378 valence electrons. The molecule has 0 bridgehead atoms. The number of sulfone groups is 1. The second kappa shape index (κ2) is 22.8. The molecule has 11 rings (SSSR count). The van der Waals surface area contributed by atoms with Gasteiger partial charge in [0.1, 0.15) is 10.0 Å². The molecule has 3 aromatic heterocycles. The van der Waals surface area contributed by atoms with Gasteiger partial charge in [0.25, 0.3) is 0 Å². The summed E-state index contributed by atoms with van der Waals surface area (Å²) in [5.41, 5.74) is 36.0. The van der Waals surface area contributed by atoms with Gasteiger partial charge in [-0.1, -0.05) is 152 Å². The van der Waals surface area contributed by atoms with Crippen molar-refractivity contribution in [3.8, 4) is 22.3 Å². The minimum atomic E-state index is -4.70. The number of nitrogens with two attached hydrogens (primary N) is 4. The average molecular weight is 1200 g/mol. The van der Waals surface area contributed by atoms with Crippen LogP contribution in [0.2, 0.25) is 0 Å². The van der Waals surface area contributed by atoms with Crippen molar-refractivity contribution in [3.63, 3.8) is 0 Å². The Labute approximate surface area is 468 Å². The normalized spacial score (nSPS) is 11.1. The number of aromatic nitrogens is 3. The molecule has 8 aromatic carbocycles. The van der Waals surface area contributed by atoms with E-state index in [1.165, 1.54) is 22.7 Å². The third-order valence-corrected chi connectivity index (χ3v) is 17.1. The van der Waals surface area contributed by atoms with Gasteiger partial charge in [-0.3, -0.25) is 14.8 Å². The number of thiazole rings is 3. The summed E-state index contributed by atoms with van der Waals surface area (Å²) in [7, 11) is -4.70. The van der Waals surface area contributed by atoms with Gasteiger partial charge >= 0.3 is 0 Å². The third-order valence-electron chi connectivity index (χ3n) is 11.7. The number of halogens is 2. The van der Waals surface area contributed by atoms with E-state index in [0.717, 1.165) is 20.3 Å². The summed E-state index contributed by atoms with van der Waals surface area (Å²) >= 11 is 11.2. The summed E-state index contributed by atoms with van der Waals surface area (Å²) < 4.78 is 35.1. The zero-order valence-electron chi connectivity index (χ0n) is 40.0. The Balaban J connectivity index is 0.00000124. The van der Waals surface area contributed by atoms with Crippen LogP contribution in [0.3, 0.4) is 0 Å². The lowest BCUT2D eigenvalue weighted by atomic mass is 10.0. The monoisotopic (exact) mass is 1200 g/mol. The van der Waals surface area contributed by atoms with Crippen LogP contribution in [0.4, 0.5) is 77.4 Å². The molecule has 0 aliphatic rings. The van der Waals surface area contributed by atoms with Crippen LogP contribution in [0.1, 0.15) is 0 Å². The Morgan fingerprint density at radius 1 is 0.487 bits per heavy atom. The molecule has 0 saturated carbocycles. The van der Waals surface area contributed by atoms with E-state index in [4.69, 9.17) is 32.9 Å². The van der Waals surface area contributed by atoms with Crippen LogP contribution in [-0.2, 0) is 9.84 Å². The van der Waals surface area contributed by atoms with Crippen LogP contribution >= 0.6 is 65.9 Å². The Bertz CT molecular complexity index is 3600. The van der Waals surface area contributed by atoms with E-state index in [9.17, 15) is 0 Å². The highest BCUT2D eigenvalue weighted by atomic mass is 79.9. The molecular formula is C57H45Br2N11O2S4. The highest BCUT2D eigenvalue weighted by Gasteiger charge is 2.35. The van der Waals surface area contributed by atoms with E-state index < -0.39 is 9.84 Å². The molecule has 11 aromatic rings. The summed E-state index contributed by atoms with van der Waals surface area (Å²) in [5.74, 6) is 0.329. The van der Waals surface area contributed by atoms with Crippen molar-refractivity contribution < 1.29 is 8.42 Å². The molecule has 0 aliphatic heterocycles. The van der Waals surface area contributed by atoms with Gasteiger partial charge in [-0.15, -0.1) is 11.3 Å². The fourth-order valence-electron chi connectivity index (χ4n) is 8.25. The summed E-state index contributed by atoms with van der Waals surface area (Å²) in [5, 5.41) is 10.5. The van der Waals surface area contributed by atoms with Gasteiger partial charge in [0, 0.05) is 65.8 Å². The van der Waals surface area contributed by atoms with Crippen molar-refractivity contribution in [2.45, 2.75) is 9.79 Å². The number of benzene rings is 8. The van der Waals surface area contributed by atoms with E-state index in [2.05, 4.69) is 47.5 Å². The second-order valence-corrected chi connectivity index (χ2v) is 23.2. The Morgan fingerprint density at radius 3 is 1.21 bits per heavy atom. The molecule has 0 unspecified atom stereocenters. The minimum Gasteiger partial charge on any atom is -0.398 e. The van der Waals surface area contributed by atoms with Gasteiger partial charge < -0.3 is 33.6 Å². The number of para-hydroxylation sites is 4. The van der Waals surface area contributed by atoms with Crippen LogP contribution in [0.5, 0.6) is 0 Å². The third kappa shape index (κ3) is 11.3. The smallest absolute Gasteiger partial charge is 0.210 e. The number of nitrogens with one attached hydrogen (secondary N) is 2. The zero-order chi connectivity index (χ0) is 52.8. The molecule has 3 heterocycles. The first-order valence-corrected chi connectivity index (χ1v) is 28.9. The molecular weight excluding hydrogens is 1160 g/mol. The van der Waals surface area contributed by atoms with Gasteiger partial charge in [-0.05, 0) is 108 Å². The van der Waals surface area contributed by atoms with Gasteiger partial charge in [-0.25, -0.2) is 18.4 Å². The molecule has 0 atom stereocenters. The molecule has 0 saturated heterocycles. The Hall–Kier alpha value is -8.04. The van der Waals surface area contributed by atoms with Gasteiger partial charge in [0.05, 0.1) is 26.7 Å². The van der Waals surface area contributed by atoms with E-state index >= 15 is 8.42 Å². The van der Waals surface area contributed by atoms with Gasteiger partial charge in [0.2, 0.25) is 9.84 Å². The van der Waals surface area contributed by atoms with Crippen molar-refractivity contribution in [3.05, 3.63) is 220 Å². The molecule has 13 nitrogen and oxygen atoms in total. The number of rotatable bonds is 14. The maximum Gasteiger partial charge on any atom is 0.210 e. The molecule has 0 amide bonds. The first-order chi connectivity index (χ1) is 36.9. The lowest BCUT2D eigenvalue weighted by Crippen LogP contribution is -2.19. The van der Waals surface area contributed by atoms with Gasteiger partial charge in [-0.2, -0.15) is 0 Å². The number of hydrogen-bond acceptors (Lipinski definition) is 16. The quantitative estimate of drug-likeness (QED) is 0.0561. The van der Waals surface area contributed by atoms with Crippen LogP contribution in [-0.4, -0.2) is 23.4 Å². The van der Waals surface area contributed by atoms with E-state index in [1.54, 1.807) is 57.1 Å². The predicted octanol–water partition coefficient (Wildman–Crippen LogP) is 16.2. The SMILES string of the molecule is Nc1cc(N(c2ccccc2)c2sc(Nc3ccccc3)nc2N)c(S(=O)(=O)c2cc(-c3ccc(Br)cc3)c(N)cc2N(c2ccccc2)c2sc(Nc3ccccc3)nc2N)cc1-c1ccc(Br)cc1.c1cscn1. The van der Waals surface area contributed by atoms with E-state index in [1.807, 2.05) is 175 Å². The van der Waals surface area contributed by atoms with Crippen molar-refractivity contribution in [1.29, 1.82) is 0 Å². The van der Waals surface area contributed by atoms with Crippen LogP contribution in [0.25, 0.3) is 22.3 Å². The van der Waals surface area contributed by atoms with E-state index in [0.29, 0.717) is 65.3 Å². The largest absolute Gasteiger partial charge is 0.398 e. The summed E-state index contributed by atoms with van der Waals surface area (Å²) in [6.07, 6.45) is 1.77. The summed E-state index contributed by atoms with van der Waals surface area (Å²) in [6, 6.07) is 59.7. The minimum absolute atomic E-state index is 0.0802. The first-order valence-electron chi connectivity index (χ1n) is 23.2. The number of nitrogens with zero attached hydrogens (tertiary/aromatic N) is 5. The standard InChI is InChI=1S/C54H42Br2N10O2S3.C3H3NS/c55-35-25-21-33(22-26-35)41-29-47(45(31-43(41)57)65(39-17-9-3-10-18-39)51-49(59)63-53(69-51)61-37-13-5-1-6-14-37)71(67,68)48-30-42(34-23-27-36(56)28-24-34)44(58)32-46(48)66(40-19-11-4-12-20-40)52-50(60)64-54(70-52)62-38-15-7-2-8-16-38;1-2-5-3-4-1/h1-32H,57-60H2,(H,61,63)(H,62,64);1-3H. The number of anilines is 14. The molecule has 0 spiro atoms. The van der Waals surface area contributed by atoms with Crippen molar-refractivity contribution >= 4 is 153 Å². The Kier molecular flexibility index (Phi) is 15.5. The maximum absolute atomic E-state index is 16.7. The first kappa shape index (κ1) is 51.4. The van der Waals surface area contributed by atoms with Crippen molar-refractivity contribution in [1.82, 2.24) is 15.0 Å². The highest BCUT2D eigenvalue weighted by Crippen LogP contribution is 2.53. The maximum atomic E-state index is 16.7. The number of hydrogen-bond donors (Lipinski definition) is 6. The Morgan fingerprint density at radius 2 is 0.868 bits per heavy atom. The number of nitrogen functional groups attached to an aromatic ring is 4. The fraction of sp³-hybridized carbons (Fsp3) is 0. The van der Waals surface area contributed by atoms with Crippen molar-refractivity contribution in [2.24, 2.45) is 0 Å². The van der Waals surface area contributed by atoms with Crippen molar-refractivity contribution in [2.75, 3.05) is 43.4 Å². The molecule has 0 fully saturated rings. The molecule has 76 heavy (non-hydrogen) atoms. The van der Waals surface area contributed by atoms with E-state index in [-0.39, 0.29) is 32.8 Å². The molecule has 0 aliphatic carbocycles. The average Bonchev–Trinajstić information content (AvgIpc) is 4.25. The van der Waals surface area contributed by atoms with Crippen LogP contribution < -0.4 is 43.4 Å². The summed E-state index contributed by atoms with van der Waals surface area (Å²) in [4.78, 5) is 16.6. The highest BCUT2D eigenvalue weighted by molar-refractivity contribution is 9.10. The zero-order valence-corrected chi connectivity index (χ0v) is 46.4. The molecule has 19 heteroatoms. The van der Waals surface area contributed by atoms with Crippen LogP contribution in [0, 0.1) is 0 Å². The molecule has 10 N–H and O–H groups in total. The second-order valence-electron chi connectivity index (χ2n) is 16.8. The molecule has 0 radical (unpaired) electrons. The fourth-order valence-corrected chi connectivity index (χ4v) is 12.6. The van der Waals surface area contributed by atoms with Gasteiger partial charge in [0.15, 0.2) is 21.9 Å². The predicted molar refractivity (Wildman–Crippen MR) is 325 cm³/mol. The lowest BCUT2D eigenvalue weighted by molar-refractivity contribution is 0.596. The topological polar surface area (TPSA) is 207 Å². The summed E-state index contributed by atoms with van der Waals surface area (Å²) in [6.45, 7) is 0.